The van der Waals surface area contributed by atoms with E-state index in [2.05, 4.69) is 10.3 Å². The van der Waals surface area contributed by atoms with Crippen LogP contribution in [0.25, 0.3) is 10.2 Å². The smallest absolute Gasteiger partial charge is 0.259 e. The van der Waals surface area contributed by atoms with Crippen LogP contribution in [0.2, 0.25) is 0 Å². The summed E-state index contributed by atoms with van der Waals surface area (Å²) in [7, 11) is 0. The van der Waals surface area contributed by atoms with E-state index in [1.54, 1.807) is 24.3 Å². The first kappa shape index (κ1) is 13.7. The Morgan fingerprint density at radius 3 is 2.76 bits per heavy atom. The predicted molar refractivity (Wildman–Crippen MR) is 84.4 cm³/mol. The molecule has 0 radical (unpaired) electrons. The Morgan fingerprint density at radius 2 is 2.00 bits per heavy atom. The first-order valence-electron chi connectivity index (χ1n) is 6.54. The number of aromatic nitrogens is 1. The van der Waals surface area contributed by atoms with E-state index in [-0.39, 0.29) is 0 Å². The highest BCUT2D eigenvalue weighted by atomic mass is 32.1. The van der Waals surface area contributed by atoms with Crippen molar-refractivity contribution >= 4 is 32.6 Å². The zero-order valence-electron chi connectivity index (χ0n) is 11.4. The highest BCUT2D eigenvalue weighted by molar-refractivity contribution is 7.22. The third-order valence-electron chi connectivity index (χ3n) is 3.14. The van der Waals surface area contributed by atoms with Crippen molar-refractivity contribution in [2.45, 2.75) is 13.0 Å². The van der Waals surface area contributed by atoms with Crippen LogP contribution >= 0.6 is 11.3 Å². The summed E-state index contributed by atoms with van der Waals surface area (Å²) in [5.41, 5.74) is 2.55. The highest BCUT2D eigenvalue weighted by Gasteiger charge is 2.18. The lowest BCUT2D eigenvalue weighted by molar-refractivity contribution is -0.124. The molecular weight excluding hydrogens is 284 g/mol. The Morgan fingerprint density at radius 1 is 1.24 bits per heavy atom. The van der Waals surface area contributed by atoms with E-state index in [9.17, 15) is 9.90 Å². The lowest BCUT2D eigenvalue weighted by Crippen LogP contribution is -2.20. The lowest BCUT2D eigenvalue weighted by atomic mass is 10.1. The Balaban J connectivity index is 1.80. The second-order valence-corrected chi connectivity index (χ2v) is 5.82. The molecule has 3 aromatic rings. The Kier molecular flexibility index (Phi) is 3.68. The van der Waals surface area contributed by atoms with Crippen molar-refractivity contribution in [3.63, 3.8) is 0 Å². The average molecular weight is 298 g/mol. The second kappa shape index (κ2) is 5.63. The number of nitrogens with zero attached hydrogens (tertiary/aromatic N) is 1. The van der Waals surface area contributed by atoms with Crippen molar-refractivity contribution in [3.8, 4) is 0 Å². The Labute approximate surface area is 126 Å². The van der Waals surface area contributed by atoms with Gasteiger partial charge in [0.1, 0.15) is 0 Å². The summed E-state index contributed by atoms with van der Waals surface area (Å²) in [6, 6.07) is 14.8. The minimum atomic E-state index is -1.19. The molecule has 1 atom stereocenters. The van der Waals surface area contributed by atoms with Crippen molar-refractivity contribution in [1.82, 2.24) is 4.98 Å². The molecule has 0 aliphatic heterocycles. The maximum Gasteiger partial charge on any atom is 0.259 e. The third-order valence-corrected chi connectivity index (χ3v) is 4.07. The first-order chi connectivity index (χ1) is 10.1. The van der Waals surface area contributed by atoms with Gasteiger partial charge in [0.2, 0.25) is 0 Å². The molecule has 0 fully saturated rings. The molecule has 21 heavy (non-hydrogen) atoms. The van der Waals surface area contributed by atoms with Gasteiger partial charge in [-0.2, -0.15) is 0 Å². The van der Waals surface area contributed by atoms with Gasteiger partial charge in [-0.25, -0.2) is 4.98 Å². The van der Waals surface area contributed by atoms with E-state index >= 15 is 0 Å². The molecule has 1 unspecified atom stereocenters. The molecule has 1 aromatic heterocycles. The molecule has 4 nitrogen and oxygen atoms in total. The normalized spacial score (nSPS) is 12.3. The van der Waals surface area contributed by atoms with Crippen molar-refractivity contribution < 1.29 is 9.90 Å². The van der Waals surface area contributed by atoms with Gasteiger partial charge < -0.3 is 5.11 Å². The van der Waals surface area contributed by atoms with Crippen LogP contribution in [0.3, 0.4) is 0 Å². The molecule has 0 bridgehead atoms. The number of amides is 1. The maximum absolute atomic E-state index is 12.1. The minimum Gasteiger partial charge on any atom is -0.378 e. The van der Waals surface area contributed by atoms with Gasteiger partial charge >= 0.3 is 0 Å². The van der Waals surface area contributed by atoms with Crippen LogP contribution in [-0.2, 0) is 4.79 Å². The van der Waals surface area contributed by atoms with E-state index in [1.165, 1.54) is 11.3 Å². The zero-order valence-corrected chi connectivity index (χ0v) is 12.2. The number of rotatable bonds is 3. The van der Waals surface area contributed by atoms with Gasteiger partial charge in [-0.15, -0.1) is 0 Å². The van der Waals surface area contributed by atoms with Crippen LogP contribution in [0, 0.1) is 6.92 Å². The number of benzene rings is 2. The molecule has 3 rings (SSSR count). The number of aliphatic hydroxyl groups is 1. The quantitative estimate of drug-likeness (QED) is 0.780. The van der Waals surface area contributed by atoms with Crippen molar-refractivity contribution in [2.75, 3.05) is 5.32 Å². The Hall–Kier alpha value is -2.24. The van der Waals surface area contributed by atoms with Gasteiger partial charge in [-0.3, -0.25) is 10.1 Å². The average Bonchev–Trinajstić information content (AvgIpc) is 2.88. The third kappa shape index (κ3) is 2.94. The Bertz CT molecular complexity index is 783. The van der Waals surface area contributed by atoms with Gasteiger partial charge in [0, 0.05) is 0 Å². The molecule has 2 aromatic carbocycles. The van der Waals surface area contributed by atoms with E-state index in [1.807, 2.05) is 31.2 Å². The van der Waals surface area contributed by atoms with E-state index in [0.29, 0.717) is 10.7 Å². The van der Waals surface area contributed by atoms with Crippen LogP contribution in [0.4, 0.5) is 5.13 Å². The summed E-state index contributed by atoms with van der Waals surface area (Å²) in [6.07, 6.45) is -1.19. The topological polar surface area (TPSA) is 62.2 Å². The van der Waals surface area contributed by atoms with Crippen LogP contribution < -0.4 is 5.32 Å². The molecular formula is C16H14N2O2S. The first-order valence-corrected chi connectivity index (χ1v) is 7.36. The standard InChI is InChI=1S/C16H14N2O2S/c1-10-7-8-12-13(9-10)21-16(17-12)18-15(20)14(19)11-5-3-2-4-6-11/h2-9,14,19H,1H3,(H,17,18,20). The number of carbonyl (C=O) groups is 1. The minimum absolute atomic E-state index is 0.475. The van der Waals surface area contributed by atoms with Gasteiger partial charge in [0.15, 0.2) is 11.2 Å². The number of anilines is 1. The molecule has 1 amide bonds. The predicted octanol–water partition coefficient (Wildman–Crippen LogP) is 3.28. The summed E-state index contributed by atoms with van der Waals surface area (Å²) in [4.78, 5) is 16.4. The summed E-state index contributed by atoms with van der Waals surface area (Å²) < 4.78 is 1.01. The molecule has 2 N–H and O–H groups in total. The monoisotopic (exact) mass is 298 g/mol. The summed E-state index contributed by atoms with van der Waals surface area (Å²) in [6.45, 7) is 2.01. The number of fused-ring (bicyclic) bond motifs is 1. The zero-order chi connectivity index (χ0) is 14.8. The molecule has 0 saturated heterocycles. The molecule has 0 spiro atoms. The number of nitrogens with one attached hydrogen (secondary N) is 1. The molecule has 0 aliphatic rings. The van der Waals surface area contributed by atoms with Gasteiger partial charge in [-0.05, 0) is 30.2 Å². The van der Waals surface area contributed by atoms with Crippen molar-refractivity contribution in [1.29, 1.82) is 0 Å². The molecule has 106 valence electrons. The molecule has 5 heteroatoms. The number of aliphatic hydroxyl groups excluding tert-OH is 1. The van der Waals surface area contributed by atoms with E-state index < -0.39 is 12.0 Å². The fourth-order valence-corrected chi connectivity index (χ4v) is 3.01. The second-order valence-electron chi connectivity index (χ2n) is 4.79. The van der Waals surface area contributed by atoms with Crippen molar-refractivity contribution in [2.24, 2.45) is 0 Å². The van der Waals surface area contributed by atoms with Gasteiger partial charge in [-0.1, -0.05) is 47.7 Å². The summed E-state index contributed by atoms with van der Waals surface area (Å²) in [5, 5.41) is 13.2. The number of carbonyl (C=O) groups excluding carboxylic acids is 1. The van der Waals surface area contributed by atoms with Crippen LogP contribution in [0.15, 0.2) is 48.5 Å². The number of hydrogen-bond acceptors (Lipinski definition) is 4. The summed E-state index contributed by atoms with van der Waals surface area (Å²) >= 11 is 1.40. The molecule has 0 saturated carbocycles. The van der Waals surface area contributed by atoms with Gasteiger partial charge in [0.25, 0.3) is 5.91 Å². The number of thiazole rings is 1. The molecule has 0 aliphatic carbocycles. The maximum atomic E-state index is 12.1. The van der Waals surface area contributed by atoms with Crippen LogP contribution in [-0.4, -0.2) is 16.0 Å². The number of aryl methyl sites for hydroxylation is 1. The van der Waals surface area contributed by atoms with E-state index in [0.717, 1.165) is 15.8 Å². The van der Waals surface area contributed by atoms with Crippen molar-refractivity contribution in [3.05, 3.63) is 59.7 Å². The van der Waals surface area contributed by atoms with E-state index in [4.69, 9.17) is 0 Å². The fourth-order valence-electron chi connectivity index (χ4n) is 2.05. The summed E-state index contributed by atoms with van der Waals surface area (Å²) in [5.74, 6) is -0.475. The lowest BCUT2D eigenvalue weighted by Gasteiger charge is -2.09. The highest BCUT2D eigenvalue weighted by Crippen LogP contribution is 2.27. The fraction of sp³-hybridized carbons (Fsp3) is 0.125. The van der Waals surface area contributed by atoms with Crippen LogP contribution in [0.5, 0.6) is 0 Å². The SMILES string of the molecule is Cc1ccc2nc(NC(=O)C(O)c3ccccc3)sc2c1. The number of hydrogen-bond donors (Lipinski definition) is 2. The molecule has 1 heterocycles. The largest absolute Gasteiger partial charge is 0.378 e. The van der Waals surface area contributed by atoms with Gasteiger partial charge in [0.05, 0.1) is 10.2 Å². The van der Waals surface area contributed by atoms with Crippen LogP contribution in [0.1, 0.15) is 17.2 Å².